The summed E-state index contributed by atoms with van der Waals surface area (Å²) in [6, 6.07) is 1.18. The molecule has 0 amide bonds. The van der Waals surface area contributed by atoms with Crippen LogP contribution >= 0.6 is 23.2 Å². The van der Waals surface area contributed by atoms with E-state index in [0.29, 0.717) is 17.8 Å². The van der Waals surface area contributed by atoms with E-state index >= 15 is 0 Å². The largest absolute Gasteiger partial charge is 0.481 e. The van der Waals surface area contributed by atoms with Gasteiger partial charge >= 0.3 is 18.1 Å². The van der Waals surface area contributed by atoms with Crippen molar-refractivity contribution >= 4 is 35.1 Å². The molecule has 1 aliphatic carbocycles. The Bertz CT molecular complexity index is 817. The lowest BCUT2D eigenvalue weighted by Crippen LogP contribution is -2.47. The third-order valence-corrected chi connectivity index (χ3v) is 5.30. The van der Waals surface area contributed by atoms with E-state index in [1.165, 1.54) is 20.0 Å². The number of carbonyl (C=O) groups is 2. The summed E-state index contributed by atoms with van der Waals surface area (Å²) in [5.74, 6) is -2.71. The summed E-state index contributed by atoms with van der Waals surface area (Å²) in [6.07, 6.45) is -3.87. The molecule has 2 unspecified atom stereocenters. The van der Waals surface area contributed by atoms with Crippen molar-refractivity contribution in [1.29, 1.82) is 0 Å². The molecule has 2 rings (SSSR count). The van der Waals surface area contributed by atoms with Crippen LogP contribution in [0.3, 0.4) is 0 Å². The van der Waals surface area contributed by atoms with Crippen LogP contribution in [-0.2, 0) is 21.2 Å². The van der Waals surface area contributed by atoms with Gasteiger partial charge in [0.1, 0.15) is 5.41 Å². The number of hydrogen-bond donors (Lipinski definition) is 3. The van der Waals surface area contributed by atoms with Crippen molar-refractivity contribution in [3.05, 3.63) is 45.1 Å². The fraction of sp³-hybridized carbons (Fsp3) is 0.412. The van der Waals surface area contributed by atoms with Crippen LogP contribution in [0.1, 0.15) is 30.9 Å². The van der Waals surface area contributed by atoms with Gasteiger partial charge in [-0.05, 0) is 31.6 Å². The van der Waals surface area contributed by atoms with E-state index in [1.807, 2.05) is 0 Å². The fourth-order valence-corrected chi connectivity index (χ4v) is 4.20. The highest BCUT2D eigenvalue weighted by molar-refractivity contribution is 6.37. The van der Waals surface area contributed by atoms with Gasteiger partial charge in [0.2, 0.25) is 0 Å². The number of benzene rings is 1. The first-order valence-electron chi connectivity index (χ1n) is 7.70. The second kappa shape index (κ2) is 6.91. The van der Waals surface area contributed by atoms with Crippen LogP contribution in [0.15, 0.2) is 23.9 Å². The van der Waals surface area contributed by atoms with Gasteiger partial charge in [-0.25, -0.2) is 0 Å². The Balaban J connectivity index is 2.81. The molecule has 0 radical (unpaired) electrons. The number of carboxylic acids is 2. The molecule has 0 aliphatic heterocycles. The number of allylic oxidation sites excluding steroid dienone is 1. The van der Waals surface area contributed by atoms with Gasteiger partial charge in [-0.3, -0.25) is 9.59 Å². The Labute approximate surface area is 162 Å². The van der Waals surface area contributed by atoms with Crippen LogP contribution in [-0.4, -0.2) is 29.2 Å². The molecule has 0 bridgehead atoms. The number of halogens is 5. The average molecular weight is 426 g/mol. The van der Waals surface area contributed by atoms with E-state index in [-0.39, 0.29) is 12.0 Å². The quantitative estimate of drug-likeness (QED) is 0.668. The van der Waals surface area contributed by atoms with Gasteiger partial charge in [0.25, 0.3) is 0 Å². The van der Waals surface area contributed by atoms with Crippen molar-refractivity contribution in [3.8, 4) is 0 Å². The highest BCUT2D eigenvalue weighted by atomic mass is 35.5. The number of rotatable bonds is 4. The highest BCUT2D eigenvalue weighted by Crippen LogP contribution is 2.51. The van der Waals surface area contributed by atoms with Crippen LogP contribution in [0, 0.1) is 5.41 Å². The van der Waals surface area contributed by atoms with Gasteiger partial charge in [0.15, 0.2) is 0 Å². The first-order valence-corrected chi connectivity index (χ1v) is 8.45. The topological polar surface area (TPSA) is 86.6 Å². The third-order valence-electron chi connectivity index (χ3n) is 4.70. The monoisotopic (exact) mass is 425 g/mol. The summed E-state index contributed by atoms with van der Waals surface area (Å²) in [6.45, 7) is 1.36. The molecule has 27 heavy (non-hydrogen) atoms. The number of hydrogen-bond acceptors (Lipinski definition) is 3. The molecule has 0 fully saturated rings. The summed E-state index contributed by atoms with van der Waals surface area (Å²) in [5.41, 5.74) is -4.61. The Hall–Kier alpha value is -1.93. The molecule has 10 heteroatoms. The maximum atomic E-state index is 13.0. The molecular weight excluding hydrogens is 410 g/mol. The Morgan fingerprint density at radius 1 is 1.15 bits per heavy atom. The summed E-state index contributed by atoms with van der Waals surface area (Å²) in [7, 11) is 1.49. The highest BCUT2D eigenvalue weighted by Gasteiger charge is 2.53. The SMILES string of the molecule is CNC1=CC(C(=O)O)(c2c(Cl)cc(C(F)(F)F)cc2Cl)CC(C)(C(=O)O)C1. The normalized spacial score (nSPS) is 25.7. The van der Waals surface area contributed by atoms with Crippen molar-refractivity contribution in [2.45, 2.75) is 31.4 Å². The van der Waals surface area contributed by atoms with Gasteiger partial charge in [0.05, 0.1) is 11.0 Å². The lowest BCUT2D eigenvalue weighted by molar-refractivity contribution is -0.152. The van der Waals surface area contributed by atoms with Crippen LogP contribution in [0.2, 0.25) is 10.0 Å². The summed E-state index contributed by atoms with van der Waals surface area (Å²) >= 11 is 12.1. The lowest BCUT2D eigenvalue weighted by atomic mass is 9.62. The van der Waals surface area contributed by atoms with Crippen LogP contribution in [0.4, 0.5) is 13.2 Å². The molecule has 148 valence electrons. The lowest BCUT2D eigenvalue weighted by Gasteiger charge is -2.41. The van der Waals surface area contributed by atoms with E-state index < -0.39 is 51.0 Å². The molecular formula is C17H16Cl2F3NO4. The average Bonchev–Trinajstić information content (AvgIpc) is 2.52. The molecule has 5 nitrogen and oxygen atoms in total. The summed E-state index contributed by atoms with van der Waals surface area (Å²) in [5, 5.41) is 21.3. The van der Waals surface area contributed by atoms with Crippen LogP contribution in [0.5, 0.6) is 0 Å². The standard InChI is InChI=1S/C17H16Cl2F3NO4/c1-15(13(24)25)5-9(23-2)6-16(7-15,14(26)27)12-10(18)3-8(4-11(12)19)17(20,21)22/h3-4,6,23H,5,7H2,1-2H3,(H,24,25)(H,26,27). The molecule has 1 aromatic rings. The number of carboxylic acid groups (broad SMARTS) is 2. The zero-order valence-corrected chi connectivity index (χ0v) is 15.8. The zero-order valence-electron chi connectivity index (χ0n) is 14.2. The fourth-order valence-electron chi connectivity index (χ4n) is 3.38. The zero-order chi connectivity index (χ0) is 20.8. The van der Waals surface area contributed by atoms with Gasteiger partial charge in [-0.2, -0.15) is 13.2 Å². The van der Waals surface area contributed by atoms with Crippen molar-refractivity contribution in [1.82, 2.24) is 5.32 Å². The molecule has 0 aromatic heterocycles. The molecule has 0 heterocycles. The van der Waals surface area contributed by atoms with E-state index in [1.54, 1.807) is 0 Å². The number of alkyl halides is 3. The Morgan fingerprint density at radius 2 is 1.67 bits per heavy atom. The minimum atomic E-state index is -4.73. The Kier molecular flexibility index (Phi) is 5.47. The van der Waals surface area contributed by atoms with E-state index in [4.69, 9.17) is 23.2 Å². The first-order chi connectivity index (χ1) is 12.3. The van der Waals surface area contributed by atoms with E-state index in [0.717, 1.165) is 0 Å². The van der Waals surface area contributed by atoms with Gasteiger partial charge in [-0.1, -0.05) is 23.2 Å². The summed E-state index contributed by atoms with van der Waals surface area (Å²) in [4.78, 5) is 24.0. The minimum absolute atomic E-state index is 0.0176. The molecule has 2 atom stereocenters. The van der Waals surface area contributed by atoms with Crippen LogP contribution in [0.25, 0.3) is 0 Å². The number of aliphatic carboxylic acids is 2. The maximum absolute atomic E-state index is 13.0. The second-order valence-corrected chi connectivity index (χ2v) is 7.54. The van der Waals surface area contributed by atoms with Crippen molar-refractivity contribution < 1.29 is 33.0 Å². The molecule has 1 aromatic carbocycles. The predicted molar refractivity (Wildman–Crippen MR) is 92.9 cm³/mol. The second-order valence-electron chi connectivity index (χ2n) is 6.73. The van der Waals surface area contributed by atoms with Crippen LogP contribution < -0.4 is 5.32 Å². The molecule has 3 N–H and O–H groups in total. The van der Waals surface area contributed by atoms with Gasteiger partial charge in [-0.15, -0.1) is 0 Å². The minimum Gasteiger partial charge on any atom is -0.481 e. The maximum Gasteiger partial charge on any atom is 0.416 e. The van der Waals surface area contributed by atoms with Crippen molar-refractivity contribution in [2.24, 2.45) is 5.41 Å². The molecule has 0 spiro atoms. The van der Waals surface area contributed by atoms with E-state index in [2.05, 4.69) is 5.32 Å². The van der Waals surface area contributed by atoms with Gasteiger partial charge < -0.3 is 15.5 Å². The molecule has 0 saturated heterocycles. The third kappa shape index (κ3) is 3.73. The van der Waals surface area contributed by atoms with Crippen molar-refractivity contribution in [2.75, 3.05) is 7.05 Å². The van der Waals surface area contributed by atoms with Gasteiger partial charge in [0, 0.05) is 34.8 Å². The van der Waals surface area contributed by atoms with E-state index in [9.17, 15) is 33.0 Å². The first kappa shape index (κ1) is 21.4. The number of nitrogens with one attached hydrogen (secondary N) is 1. The molecule has 0 saturated carbocycles. The summed E-state index contributed by atoms with van der Waals surface area (Å²) < 4.78 is 39.0. The molecule has 1 aliphatic rings. The predicted octanol–water partition coefficient (Wildman–Crippen LogP) is 4.32. The van der Waals surface area contributed by atoms with Crippen molar-refractivity contribution in [3.63, 3.8) is 0 Å². The Morgan fingerprint density at radius 3 is 2.04 bits per heavy atom. The smallest absolute Gasteiger partial charge is 0.416 e.